The predicted molar refractivity (Wildman–Crippen MR) is 73.7 cm³/mol. The minimum absolute atomic E-state index is 0.102. The van der Waals surface area contributed by atoms with Gasteiger partial charge >= 0.3 is 0 Å². The molecule has 3 nitrogen and oxygen atoms in total. The van der Waals surface area contributed by atoms with E-state index in [1.165, 1.54) is 0 Å². The van der Waals surface area contributed by atoms with Crippen molar-refractivity contribution < 1.29 is 9.21 Å². The molecule has 94 valence electrons. The van der Waals surface area contributed by atoms with E-state index >= 15 is 0 Å². The SMILES string of the molecule is CC(NC(=O)c1ccc(Cl)o1)c1ccc(Br)cc1. The highest BCUT2D eigenvalue weighted by molar-refractivity contribution is 9.10. The van der Waals surface area contributed by atoms with Crippen LogP contribution in [0.25, 0.3) is 0 Å². The molecule has 0 saturated carbocycles. The summed E-state index contributed by atoms with van der Waals surface area (Å²) >= 11 is 8.99. The summed E-state index contributed by atoms with van der Waals surface area (Å²) in [5.74, 6) is -0.0683. The van der Waals surface area contributed by atoms with E-state index in [9.17, 15) is 4.79 Å². The van der Waals surface area contributed by atoms with Crippen LogP contribution in [-0.2, 0) is 0 Å². The molecule has 1 amide bonds. The lowest BCUT2D eigenvalue weighted by Gasteiger charge is -2.13. The standard InChI is InChI=1S/C13H11BrClNO2/c1-8(9-2-4-10(14)5-3-9)16-13(17)11-6-7-12(15)18-11/h2-8H,1H3,(H,16,17). The second-order valence-corrected chi connectivity index (χ2v) is 5.14. The number of amides is 1. The quantitative estimate of drug-likeness (QED) is 0.918. The molecular formula is C13H11BrClNO2. The molecule has 2 rings (SSSR count). The number of hydrogen-bond donors (Lipinski definition) is 1. The van der Waals surface area contributed by atoms with Crippen LogP contribution in [0, 0.1) is 0 Å². The largest absolute Gasteiger partial charge is 0.440 e. The molecule has 0 aliphatic heterocycles. The molecule has 2 aromatic rings. The summed E-state index contributed by atoms with van der Waals surface area (Å²) in [6.07, 6.45) is 0. The Kier molecular flexibility index (Phi) is 4.09. The van der Waals surface area contributed by atoms with Crippen molar-refractivity contribution in [1.82, 2.24) is 5.32 Å². The number of carbonyl (C=O) groups is 1. The van der Waals surface area contributed by atoms with Gasteiger partial charge in [-0.3, -0.25) is 4.79 Å². The van der Waals surface area contributed by atoms with Crippen LogP contribution in [0.5, 0.6) is 0 Å². The third-order valence-corrected chi connectivity index (χ3v) is 3.25. The first kappa shape index (κ1) is 13.2. The van der Waals surface area contributed by atoms with E-state index in [1.54, 1.807) is 12.1 Å². The molecule has 18 heavy (non-hydrogen) atoms. The zero-order valence-corrected chi connectivity index (χ0v) is 12.0. The van der Waals surface area contributed by atoms with Gasteiger partial charge in [0, 0.05) is 4.47 Å². The summed E-state index contributed by atoms with van der Waals surface area (Å²) in [7, 11) is 0. The van der Waals surface area contributed by atoms with Crippen LogP contribution < -0.4 is 5.32 Å². The van der Waals surface area contributed by atoms with E-state index in [2.05, 4.69) is 21.2 Å². The van der Waals surface area contributed by atoms with Crippen LogP contribution >= 0.6 is 27.5 Å². The highest BCUT2D eigenvalue weighted by Crippen LogP contribution is 2.18. The molecular weight excluding hydrogens is 318 g/mol. The predicted octanol–water partition coefficient (Wildman–Crippen LogP) is 4.19. The van der Waals surface area contributed by atoms with Crippen molar-refractivity contribution in [3.05, 3.63) is 57.4 Å². The molecule has 1 N–H and O–H groups in total. The van der Waals surface area contributed by atoms with Gasteiger partial charge in [0.05, 0.1) is 6.04 Å². The van der Waals surface area contributed by atoms with Gasteiger partial charge in [-0.1, -0.05) is 28.1 Å². The van der Waals surface area contributed by atoms with Crippen molar-refractivity contribution in [2.75, 3.05) is 0 Å². The smallest absolute Gasteiger partial charge is 0.287 e. The van der Waals surface area contributed by atoms with Gasteiger partial charge in [-0.05, 0) is 48.4 Å². The Morgan fingerprint density at radius 2 is 1.94 bits per heavy atom. The van der Waals surface area contributed by atoms with Crippen LogP contribution in [0.2, 0.25) is 5.22 Å². The first-order valence-corrected chi connectivity index (χ1v) is 6.55. The van der Waals surface area contributed by atoms with Gasteiger partial charge in [0.25, 0.3) is 5.91 Å². The normalized spacial score (nSPS) is 12.2. The van der Waals surface area contributed by atoms with Gasteiger partial charge in [0.2, 0.25) is 0 Å². The Hall–Kier alpha value is -1.26. The third-order valence-electron chi connectivity index (χ3n) is 2.51. The lowest BCUT2D eigenvalue weighted by Crippen LogP contribution is -2.26. The minimum Gasteiger partial charge on any atom is -0.440 e. The molecule has 5 heteroatoms. The maximum Gasteiger partial charge on any atom is 0.287 e. The van der Waals surface area contributed by atoms with E-state index in [0.717, 1.165) is 10.0 Å². The topological polar surface area (TPSA) is 42.2 Å². The Bertz CT molecular complexity index is 550. The molecule has 0 fully saturated rings. The summed E-state index contributed by atoms with van der Waals surface area (Å²) in [5, 5.41) is 3.04. The van der Waals surface area contributed by atoms with Crippen molar-refractivity contribution in [3.63, 3.8) is 0 Å². The van der Waals surface area contributed by atoms with Crippen LogP contribution in [-0.4, -0.2) is 5.91 Å². The Balaban J connectivity index is 2.05. The first-order valence-electron chi connectivity index (χ1n) is 5.38. The Labute approximate surface area is 118 Å². The van der Waals surface area contributed by atoms with E-state index in [4.69, 9.17) is 16.0 Å². The number of rotatable bonds is 3. The molecule has 1 heterocycles. The van der Waals surface area contributed by atoms with Gasteiger partial charge in [-0.2, -0.15) is 0 Å². The molecule has 0 radical (unpaired) electrons. The van der Waals surface area contributed by atoms with E-state index in [1.807, 2.05) is 31.2 Å². The molecule has 1 atom stereocenters. The second kappa shape index (κ2) is 5.59. The number of benzene rings is 1. The molecule has 0 spiro atoms. The van der Waals surface area contributed by atoms with Crippen LogP contribution in [0.1, 0.15) is 29.1 Å². The summed E-state index contributed by atoms with van der Waals surface area (Å²) in [5.41, 5.74) is 1.02. The highest BCUT2D eigenvalue weighted by atomic mass is 79.9. The molecule has 1 unspecified atom stereocenters. The van der Waals surface area contributed by atoms with Gasteiger partial charge in [-0.15, -0.1) is 0 Å². The maximum atomic E-state index is 11.8. The number of furan rings is 1. The molecule has 0 aliphatic carbocycles. The molecule has 0 bridgehead atoms. The minimum atomic E-state index is -0.280. The first-order chi connectivity index (χ1) is 8.56. The molecule has 0 saturated heterocycles. The summed E-state index contributed by atoms with van der Waals surface area (Å²) in [4.78, 5) is 11.8. The maximum absolute atomic E-state index is 11.8. The molecule has 1 aromatic heterocycles. The highest BCUT2D eigenvalue weighted by Gasteiger charge is 2.14. The molecule has 0 aliphatic rings. The third kappa shape index (κ3) is 3.15. The molecule has 1 aromatic carbocycles. The number of carbonyl (C=O) groups excluding carboxylic acids is 1. The lowest BCUT2D eigenvalue weighted by atomic mass is 10.1. The average molecular weight is 329 g/mol. The van der Waals surface area contributed by atoms with Crippen molar-refractivity contribution in [1.29, 1.82) is 0 Å². The summed E-state index contributed by atoms with van der Waals surface area (Å²) in [6, 6.07) is 10.7. The van der Waals surface area contributed by atoms with E-state index < -0.39 is 0 Å². The van der Waals surface area contributed by atoms with E-state index in [-0.39, 0.29) is 22.9 Å². The number of halogens is 2. The fourth-order valence-electron chi connectivity index (χ4n) is 1.54. The monoisotopic (exact) mass is 327 g/mol. The van der Waals surface area contributed by atoms with Gasteiger partial charge in [0.1, 0.15) is 0 Å². The average Bonchev–Trinajstić information content (AvgIpc) is 2.76. The Morgan fingerprint density at radius 3 is 2.50 bits per heavy atom. The number of nitrogens with one attached hydrogen (secondary N) is 1. The van der Waals surface area contributed by atoms with E-state index in [0.29, 0.717) is 0 Å². The van der Waals surface area contributed by atoms with Gasteiger partial charge < -0.3 is 9.73 Å². The lowest BCUT2D eigenvalue weighted by molar-refractivity contribution is 0.0912. The fourth-order valence-corrected chi connectivity index (χ4v) is 1.95. The Morgan fingerprint density at radius 1 is 1.28 bits per heavy atom. The number of hydrogen-bond acceptors (Lipinski definition) is 2. The zero-order valence-electron chi connectivity index (χ0n) is 9.61. The summed E-state index contributed by atoms with van der Waals surface area (Å²) in [6.45, 7) is 1.91. The zero-order chi connectivity index (χ0) is 13.1. The van der Waals surface area contributed by atoms with Crippen LogP contribution in [0.3, 0.4) is 0 Å². The van der Waals surface area contributed by atoms with Crippen LogP contribution in [0.15, 0.2) is 45.3 Å². The van der Waals surface area contributed by atoms with Crippen molar-refractivity contribution in [2.24, 2.45) is 0 Å². The van der Waals surface area contributed by atoms with Gasteiger partial charge in [0.15, 0.2) is 11.0 Å². The second-order valence-electron chi connectivity index (χ2n) is 3.85. The van der Waals surface area contributed by atoms with Gasteiger partial charge in [-0.25, -0.2) is 0 Å². The van der Waals surface area contributed by atoms with Crippen molar-refractivity contribution in [3.8, 4) is 0 Å². The van der Waals surface area contributed by atoms with Crippen LogP contribution in [0.4, 0.5) is 0 Å². The van der Waals surface area contributed by atoms with Crippen molar-refractivity contribution in [2.45, 2.75) is 13.0 Å². The summed E-state index contributed by atoms with van der Waals surface area (Å²) < 4.78 is 6.05. The van der Waals surface area contributed by atoms with Crippen molar-refractivity contribution >= 4 is 33.4 Å². The fraction of sp³-hybridized carbons (Fsp3) is 0.154.